The molecule has 0 unspecified atom stereocenters. The minimum Gasteiger partial charge on any atom is -0.307 e. The van der Waals surface area contributed by atoms with E-state index in [1.54, 1.807) is 0 Å². The first kappa shape index (κ1) is 12.0. The first-order valence-electron chi connectivity index (χ1n) is 6.28. The van der Waals surface area contributed by atoms with Crippen LogP contribution in [0.3, 0.4) is 0 Å². The Morgan fingerprint density at radius 2 is 2.12 bits per heavy atom. The monoisotopic (exact) mass is 232 g/mol. The zero-order chi connectivity index (χ0) is 12.1. The van der Waals surface area contributed by atoms with Crippen molar-refractivity contribution in [3.05, 3.63) is 29.6 Å². The topological polar surface area (TPSA) is 63.3 Å². The van der Waals surface area contributed by atoms with Crippen LogP contribution in [0.5, 0.6) is 0 Å². The minimum absolute atomic E-state index is 0.400. The minimum atomic E-state index is 0.400. The first-order valence-corrected chi connectivity index (χ1v) is 6.28. The summed E-state index contributed by atoms with van der Waals surface area (Å²) in [5.41, 5.74) is 4.49. The van der Waals surface area contributed by atoms with E-state index in [4.69, 9.17) is 5.84 Å². The molecule has 2 rings (SSSR count). The maximum atomic E-state index is 5.55. The Morgan fingerprint density at radius 3 is 2.76 bits per heavy atom. The van der Waals surface area contributed by atoms with Crippen LogP contribution >= 0.6 is 0 Å². The number of nitrogens with zero attached hydrogens (tertiary/aromatic N) is 2. The van der Waals surface area contributed by atoms with E-state index in [1.165, 1.54) is 19.3 Å². The van der Waals surface area contributed by atoms with E-state index in [0.29, 0.717) is 11.9 Å². The zero-order valence-corrected chi connectivity index (χ0v) is 10.3. The second-order valence-electron chi connectivity index (χ2n) is 4.58. The molecule has 1 aromatic heterocycles. The maximum absolute atomic E-state index is 5.55. The second-order valence-corrected chi connectivity index (χ2v) is 4.58. The largest absolute Gasteiger partial charge is 0.307 e. The highest BCUT2D eigenvalue weighted by Crippen LogP contribution is 2.20. The molecule has 1 fully saturated rings. The maximum Gasteiger partial charge on any atom is 0.161 e. The highest BCUT2D eigenvalue weighted by molar-refractivity contribution is 5.96. The van der Waals surface area contributed by atoms with E-state index in [0.717, 1.165) is 24.2 Å². The number of aromatic nitrogens is 1. The molecule has 1 saturated carbocycles. The van der Waals surface area contributed by atoms with E-state index in [2.05, 4.69) is 15.4 Å². The van der Waals surface area contributed by atoms with E-state index in [9.17, 15) is 0 Å². The van der Waals surface area contributed by atoms with Crippen LogP contribution in [0.25, 0.3) is 0 Å². The number of amidine groups is 1. The van der Waals surface area contributed by atoms with Gasteiger partial charge in [-0.05, 0) is 31.9 Å². The number of rotatable bonds is 2. The van der Waals surface area contributed by atoms with Crippen molar-refractivity contribution in [1.29, 1.82) is 0 Å². The standard InChI is InChI=1S/C13H20N4/c1-10-6-5-9-12(15-10)13(17-14)16-11-7-3-2-4-8-11/h5-6,9,11H,2-4,7-8,14H2,1H3,(H,16,17). The summed E-state index contributed by atoms with van der Waals surface area (Å²) in [5.74, 6) is 6.26. The molecule has 0 atom stereocenters. The van der Waals surface area contributed by atoms with Crippen molar-refractivity contribution in [2.75, 3.05) is 0 Å². The number of hydrogen-bond donors (Lipinski definition) is 2. The molecule has 92 valence electrons. The lowest BCUT2D eigenvalue weighted by molar-refractivity contribution is 0.442. The van der Waals surface area contributed by atoms with Gasteiger partial charge in [0.15, 0.2) is 5.84 Å². The van der Waals surface area contributed by atoms with E-state index < -0.39 is 0 Å². The molecule has 0 radical (unpaired) electrons. The third-order valence-corrected chi connectivity index (χ3v) is 3.15. The molecule has 0 amide bonds. The summed E-state index contributed by atoms with van der Waals surface area (Å²) in [6.07, 6.45) is 6.20. The Kier molecular flexibility index (Phi) is 4.09. The summed E-state index contributed by atoms with van der Waals surface area (Å²) in [6, 6.07) is 6.29. The number of hydrogen-bond acceptors (Lipinski definition) is 3. The molecule has 1 aliphatic carbocycles. The van der Waals surface area contributed by atoms with Gasteiger partial charge in [0.05, 0.1) is 6.04 Å². The average molecular weight is 232 g/mol. The summed E-state index contributed by atoms with van der Waals surface area (Å²) in [6.45, 7) is 1.97. The summed E-state index contributed by atoms with van der Waals surface area (Å²) >= 11 is 0. The van der Waals surface area contributed by atoms with Gasteiger partial charge in [-0.25, -0.2) is 10.8 Å². The third-order valence-electron chi connectivity index (χ3n) is 3.15. The fourth-order valence-corrected chi connectivity index (χ4v) is 2.24. The number of nitrogens with one attached hydrogen (secondary N) is 1. The Morgan fingerprint density at radius 1 is 1.35 bits per heavy atom. The number of hydrazine groups is 1. The molecule has 0 saturated heterocycles. The van der Waals surface area contributed by atoms with Gasteiger partial charge in [0.2, 0.25) is 0 Å². The van der Waals surface area contributed by atoms with Gasteiger partial charge < -0.3 is 5.43 Å². The van der Waals surface area contributed by atoms with Crippen molar-refractivity contribution >= 4 is 5.84 Å². The summed E-state index contributed by atoms with van der Waals surface area (Å²) in [4.78, 5) is 9.12. The predicted molar refractivity (Wildman–Crippen MR) is 69.7 cm³/mol. The van der Waals surface area contributed by atoms with Crippen LogP contribution in [0.4, 0.5) is 0 Å². The van der Waals surface area contributed by atoms with Gasteiger partial charge in [0, 0.05) is 5.69 Å². The molecule has 0 aliphatic heterocycles. The normalized spacial score (nSPS) is 18.1. The Bertz CT molecular complexity index is 394. The number of aliphatic imine (C=N–C) groups is 1. The summed E-state index contributed by atoms with van der Waals surface area (Å²) in [7, 11) is 0. The van der Waals surface area contributed by atoms with Gasteiger partial charge in [-0.3, -0.25) is 4.99 Å². The number of pyridine rings is 1. The van der Waals surface area contributed by atoms with Crippen molar-refractivity contribution in [2.24, 2.45) is 10.8 Å². The summed E-state index contributed by atoms with van der Waals surface area (Å²) < 4.78 is 0. The highest BCUT2D eigenvalue weighted by atomic mass is 15.3. The van der Waals surface area contributed by atoms with E-state index >= 15 is 0 Å². The molecule has 4 nitrogen and oxygen atoms in total. The molecule has 1 aromatic rings. The lowest BCUT2D eigenvalue weighted by Crippen LogP contribution is -2.33. The van der Waals surface area contributed by atoms with Gasteiger partial charge in [-0.1, -0.05) is 25.3 Å². The quantitative estimate of drug-likeness (QED) is 0.354. The van der Waals surface area contributed by atoms with Crippen molar-refractivity contribution in [2.45, 2.75) is 45.1 Å². The molecule has 0 aromatic carbocycles. The van der Waals surface area contributed by atoms with Gasteiger partial charge in [-0.15, -0.1) is 0 Å². The molecule has 0 bridgehead atoms. The third kappa shape index (κ3) is 3.27. The van der Waals surface area contributed by atoms with Crippen LogP contribution < -0.4 is 11.3 Å². The molecule has 17 heavy (non-hydrogen) atoms. The molecule has 1 heterocycles. The molecule has 0 spiro atoms. The van der Waals surface area contributed by atoms with Gasteiger partial charge in [0.25, 0.3) is 0 Å². The summed E-state index contributed by atoms with van der Waals surface area (Å²) in [5, 5.41) is 0. The zero-order valence-electron chi connectivity index (χ0n) is 10.3. The van der Waals surface area contributed by atoms with Gasteiger partial charge >= 0.3 is 0 Å². The number of aryl methyl sites for hydroxylation is 1. The first-order chi connectivity index (χ1) is 8.29. The lowest BCUT2D eigenvalue weighted by Gasteiger charge is -2.19. The SMILES string of the molecule is Cc1cccc(C(=NC2CCCCC2)NN)n1. The van der Waals surface area contributed by atoms with Crippen LogP contribution in [0.2, 0.25) is 0 Å². The molecule has 1 aliphatic rings. The Hall–Kier alpha value is -1.42. The molecule has 4 heteroatoms. The Labute approximate surface area is 102 Å². The fraction of sp³-hybridized carbons (Fsp3) is 0.538. The van der Waals surface area contributed by atoms with Crippen molar-refractivity contribution in [3.63, 3.8) is 0 Å². The predicted octanol–water partition coefficient (Wildman–Crippen LogP) is 1.93. The highest BCUT2D eigenvalue weighted by Gasteiger charge is 2.14. The van der Waals surface area contributed by atoms with Crippen LogP contribution in [0, 0.1) is 6.92 Å². The number of nitrogens with two attached hydrogens (primary N) is 1. The molecular weight excluding hydrogens is 212 g/mol. The Balaban J connectivity index is 2.17. The van der Waals surface area contributed by atoms with Crippen molar-refractivity contribution < 1.29 is 0 Å². The van der Waals surface area contributed by atoms with Gasteiger partial charge in [0.1, 0.15) is 5.69 Å². The van der Waals surface area contributed by atoms with Crippen LogP contribution in [-0.2, 0) is 0 Å². The molecule has 3 N–H and O–H groups in total. The van der Waals surface area contributed by atoms with E-state index in [1.807, 2.05) is 25.1 Å². The van der Waals surface area contributed by atoms with Crippen molar-refractivity contribution in [1.82, 2.24) is 10.4 Å². The lowest BCUT2D eigenvalue weighted by atomic mass is 9.96. The van der Waals surface area contributed by atoms with E-state index in [-0.39, 0.29) is 0 Å². The van der Waals surface area contributed by atoms with Crippen LogP contribution in [0.1, 0.15) is 43.5 Å². The second kappa shape index (κ2) is 5.77. The smallest absolute Gasteiger partial charge is 0.161 e. The van der Waals surface area contributed by atoms with Crippen LogP contribution in [-0.4, -0.2) is 16.9 Å². The average Bonchev–Trinajstić information content (AvgIpc) is 2.37. The van der Waals surface area contributed by atoms with Gasteiger partial charge in [-0.2, -0.15) is 0 Å². The van der Waals surface area contributed by atoms with Crippen molar-refractivity contribution in [3.8, 4) is 0 Å². The fourth-order valence-electron chi connectivity index (χ4n) is 2.24. The molecular formula is C13H20N4. The van der Waals surface area contributed by atoms with Crippen LogP contribution in [0.15, 0.2) is 23.2 Å².